The molecule has 1 nitrogen and oxygen atoms in total. The minimum Gasteiger partial charge on any atom is -0.353 e. The van der Waals surface area contributed by atoms with Crippen LogP contribution < -0.4 is 5.32 Å². The van der Waals surface area contributed by atoms with Gasteiger partial charge in [0.15, 0.2) is 0 Å². The van der Waals surface area contributed by atoms with Crippen LogP contribution in [0.2, 0.25) is 0 Å². The molecule has 0 amide bonds. The molecule has 0 spiro atoms. The number of hydrogen-bond acceptors (Lipinski definition) is 1. The van der Waals surface area contributed by atoms with E-state index in [0.717, 1.165) is 24.3 Å². The van der Waals surface area contributed by atoms with Crippen LogP contribution in [0.1, 0.15) is 47.0 Å². The molecule has 0 heterocycles. The highest BCUT2D eigenvalue weighted by Crippen LogP contribution is 2.32. The summed E-state index contributed by atoms with van der Waals surface area (Å²) in [5, 5.41) is 3.29. The van der Waals surface area contributed by atoms with Crippen molar-refractivity contribution in [3.63, 3.8) is 0 Å². The number of allylic oxidation sites excluding steroid dienone is 4. The van der Waals surface area contributed by atoms with Crippen LogP contribution >= 0.6 is 12.2 Å². The maximum absolute atomic E-state index is 5.17. The zero-order chi connectivity index (χ0) is 11.5. The highest BCUT2D eigenvalue weighted by molar-refractivity contribution is 7.80. The summed E-state index contributed by atoms with van der Waals surface area (Å²) in [5.74, 6) is 0. The van der Waals surface area contributed by atoms with E-state index in [4.69, 9.17) is 12.2 Å². The monoisotopic (exact) mass is 223 g/mol. The zero-order valence-electron chi connectivity index (χ0n) is 10.2. The van der Waals surface area contributed by atoms with E-state index in [0.29, 0.717) is 5.41 Å². The van der Waals surface area contributed by atoms with Crippen molar-refractivity contribution in [2.24, 2.45) is 5.41 Å². The van der Waals surface area contributed by atoms with Crippen molar-refractivity contribution in [3.05, 3.63) is 23.4 Å². The van der Waals surface area contributed by atoms with Gasteiger partial charge in [0.1, 0.15) is 0 Å². The van der Waals surface area contributed by atoms with Gasteiger partial charge < -0.3 is 5.32 Å². The molecule has 0 fully saturated rings. The molecule has 0 bridgehead atoms. The molecule has 1 N–H and O–H groups in total. The molecule has 0 aromatic carbocycles. The number of hydrogen-bond donors (Lipinski definition) is 1. The highest BCUT2D eigenvalue weighted by atomic mass is 32.1. The van der Waals surface area contributed by atoms with Crippen molar-refractivity contribution in [2.75, 3.05) is 0 Å². The second-order valence-corrected chi connectivity index (χ2v) is 5.53. The Kier molecular flexibility index (Phi) is 4.09. The molecule has 15 heavy (non-hydrogen) atoms. The summed E-state index contributed by atoms with van der Waals surface area (Å²) in [4.78, 5) is 0.939. The van der Waals surface area contributed by atoms with Gasteiger partial charge in [-0.1, -0.05) is 51.6 Å². The minimum absolute atomic E-state index is 0.299. The summed E-state index contributed by atoms with van der Waals surface area (Å²) in [7, 11) is 0. The van der Waals surface area contributed by atoms with Gasteiger partial charge in [0.2, 0.25) is 0 Å². The van der Waals surface area contributed by atoms with E-state index in [1.807, 2.05) is 0 Å². The largest absolute Gasteiger partial charge is 0.353 e. The molecule has 0 saturated heterocycles. The van der Waals surface area contributed by atoms with E-state index in [-0.39, 0.29) is 0 Å². The lowest BCUT2D eigenvalue weighted by atomic mass is 9.81. The van der Waals surface area contributed by atoms with E-state index in [2.05, 4.69) is 45.2 Å². The Morgan fingerprint density at radius 3 is 2.40 bits per heavy atom. The Hall–Kier alpha value is -0.630. The second-order valence-electron chi connectivity index (χ2n) is 5.04. The number of rotatable bonds is 2. The van der Waals surface area contributed by atoms with Crippen LogP contribution in [0.3, 0.4) is 0 Å². The molecule has 0 unspecified atom stereocenters. The summed E-state index contributed by atoms with van der Waals surface area (Å²) >= 11 is 5.17. The summed E-state index contributed by atoms with van der Waals surface area (Å²) in [6, 6.07) is 0. The Labute approximate surface area is 98.6 Å². The third-order valence-electron chi connectivity index (χ3n) is 2.73. The first kappa shape index (κ1) is 12.4. The summed E-state index contributed by atoms with van der Waals surface area (Å²) in [6.07, 6.45) is 7.57. The number of thiocarbonyl (C=S) groups is 1. The van der Waals surface area contributed by atoms with Crippen LogP contribution in [0, 0.1) is 5.41 Å². The van der Waals surface area contributed by atoms with Crippen LogP contribution in [0.15, 0.2) is 23.4 Å². The average Bonchev–Trinajstić information content (AvgIpc) is 2.17. The van der Waals surface area contributed by atoms with Crippen LogP contribution in [0.4, 0.5) is 0 Å². The van der Waals surface area contributed by atoms with Crippen molar-refractivity contribution in [3.8, 4) is 0 Å². The molecular weight excluding hydrogens is 202 g/mol. The van der Waals surface area contributed by atoms with Crippen molar-refractivity contribution in [1.29, 1.82) is 0 Å². The molecule has 0 saturated carbocycles. The molecule has 0 aromatic rings. The zero-order valence-corrected chi connectivity index (χ0v) is 11.0. The SMILES string of the molecule is CCC(=S)NC1=CC=C(C(C)(C)C)CC1. The molecule has 84 valence electrons. The summed E-state index contributed by atoms with van der Waals surface area (Å²) in [5.41, 5.74) is 3.08. The second kappa shape index (κ2) is 4.93. The Morgan fingerprint density at radius 1 is 1.33 bits per heavy atom. The topological polar surface area (TPSA) is 12.0 Å². The average molecular weight is 223 g/mol. The van der Waals surface area contributed by atoms with E-state index in [9.17, 15) is 0 Å². The van der Waals surface area contributed by atoms with Gasteiger partial charge in [-0.15, -0.1) is 0 Å². The standard InChI is InChI=1S/C13H21NS/c1-5-12(15)14-11-8-6-10(7-9-11)13(2,3)4/h6,8H,5,7,9H2,1-4H3,(H,14,15). The van der Waals surface area contributed by atoms with Gasteiger partial charge in [-0.3, -0.25) is 0 Å². The fourth-order valence-electron chi connectivity index (χ4n) is 1.63. The van der Waals surface area contributed by atoms with Crippen molar-refractivity contribution < 1.29 is 0 Å². The molecule has 1 aliphatic carbocycles. The van der Waals surface area contributed by atoms with Crippen LogP contribution in [0.5, 0.6) is 0 Å². The molecule has 0 atom stereocenters. The molecule has 0 aliphatic heterocycles. The Morgan fingerprint density at radius 2 is 2.00 bits per heavy atom. The van der Waals surface area contributed by atoms with Gasteiger partial charge in [0.05, 0.1) is 4.99 Å². The van der Waals surface area contributed by atoms with E-state index in [1.54, 1.807) is 0 Å². The maximum atomic E-state index is 5.17. The molecule has 1 rings (SSSR count). The fourth-order valence-corrected chi connectivity index (χ4v) is 1.76. The van der Waals surface area contributed by atoms with E-state index in [1.165, 1.54) is 11.3 Å². The first-order valence-corrected chi connectivity index (χ1v) is 6.04. The van der Waals surface area contributed by atoms with Gasteiger partial charge >= 0.3 is 0 Å². The lowest BCUT2D eigenvalue weighted by Gasteiger charge is -2.26. The van der Waals surface area contributed by atoms with Gasteiger partial charge in [-0.05, 0) is 30.8 Å². The lowest BCUT2D eigenvalue weighted by Crippen LogP contribution is -2.22. The molecule has 2 heteroatoms. The van der Waals surface area contributed by atoms with Crippen molar-refractivity contribution in [1.82, 2.24) is 5.32 Å². The normalized spacial score (nSPS) is 16.8. The smallest absolute Gasteiger partial charge is 0.0792 e. The third kappa shape index (κ3) is 3.78. The van der Waals surface area contributed by atoms with Gasteiger partial charge in [-0.2, -0.15) is 0 Å². The predicted octanol–water partition coefficient (Wildman–Crippen LogP) is 3.96. The molecular formula is C13H21NS. The van der Waals surface area contributed by atoms with Crippen LogP contribution in [0.25, 0.3) is 0 Å². The first-order valence-electron chi connectivity index (χ1n) is 5.63. The highest BCUT2D eigenvalue weighted by Gasteiger charge is 2.18. The summed E-state index contributed by atoms with van der Waals surface area (Å²) < 4.78 is 0. The molecule has 1 aliphatic rings. The van der Waals surface area contributed by atoms with Crippen LogP contribution in [-0.2, 0) is 0 Å². The number of nitrogens with one attached hydrogen (secondary N) is 1. The van der Waals surface area contributed by atoms with Crippen molar-refractivity contribution >= 4 is 17.2 Å². The Balaban J connectivity index is 2.64. The van der Waals surface area contributed by atoms with Gasteiger partial charge in [0, 0.05) is 5.70 Å². The molecule has 0 aromatic heterocycles. The maximum Gasteiger partial charge on any atom is 0.0792 e. The summed E-state index contributed by atoms with van der Waals surface area (Å²) in [6.45, 7) is 8.88. The lowest BCUT2D eigenvalue weighted by molar-refractivity contribution is 0.478. The first-order chi connectivity index (χ1) is 6.93. The van der Waals surface area contributed by atoms with Crippen LogP contribution in [-0.4, -0.2) is 4.99 Å². The third-order valence-corrected chi connectivity index (χ3v) is 3.12. The predicted molar refractivity (Wildman–Crippen MR) is 70.9 cm³/mol. The molecule has 0 radical (unpaired) electrons. The van der Waals surface area contributed by atoms with Crippen molar-refractivity contribution in [2.45, 2.75) is 47.0 Å². The quantitative estimate of drug-likeness (QED) is 0.711. The van der Waals surface area contributed by atoms with Gasteiger partial charge in [-0.25, -0.2) is 0 Å². The fraction of sp³-hybridized carbons (Fsp3) is 0.615. The van der Waals surface area contributed by atoms with E-state index < -0.39 is 0 Å². The van der Waals surface area contributed by atoms with Gasteiger partial charge in [0.25, 0.3) is 0 Å². The van der Waals surface area contributed by atoms with E-state index >= 15 is 0 Å². The Bertz CT molecular complexity index is 305. The minimum atomic E-state index is 0.299.